The molecular formula is C13H15N3O4. The summed E-state index contributed by atoms with van der Waals surface area (Å²) >= 11 is 0. The largest absolute Gasteiger partial charge is 0.447 e. The molecule has 0 aliphatic carbocycles. The first-order chi connectivity index (χ1) is 9.51. The van der Waals surface area contributed by atoms with E-state index in [-0.39, 0.29) is 11.4 Å². The lowest BCUT2D eigenvalue weighted by atomic mass is 10.1. The molecule has 0 aliphatic heterocycles. The molecule has 2 rings (SSSR count). The molecule has 0 bridgehead atoms. The van der Waals surface area contributed by atoms with Crippen LogP contribution in [0.25, 0.3) is 0 Å². The van der Waals surface area contributed by atoms with E-state index in [2.05, 4.69) is 5.10 Å². The van der Waals surface area contributed by atoms with Crippen molar-refractivity contribution in [2.24, 2.45) is 0 Å². The first-order valence-corrected chi connectivity index (χ1v) is 6.18. The van der Waals surface area contributed by atoms with Gasteiger partial charge < -0.3 is 9.84 Å². The molecule has 2 aromatic rings. The number of rotatable bonds is 5. The number of hydrogen-bond acceptors (Lipinski definition) is 5. The first-order valence-electron chi connectivity index (χ1n) is 6.18. The van der Waals surface area contributed by atoms with Crippen molar-refractivity contribution in [1.82, 2.24) is 9.78 Å². The van der Waals surface area contributed by atoms with Gasteiger partial charge in [-0.05, 0) is 25.5 Å². The Morgan fingerprint density at radius 2 is 2.30 bits per heavy atom. The second-order valence-electron chi connectivity index (χ2n) is 4.29. The van der Waals surface area contributed by atoms with Crippen molar-refractivity contribution in [3.8, 4) is 11.5 Å². The van der Waals surface area contributed by atoms with Crippen molar-refractivity contribution >= 4 is 5.69 Å². The molecule has 1 unspecified atom stereocenters. The zero-order valence-electron chi connectivity index (χ0n) is 11.2. The van der Waals surface area contributed by atoms with Crippen LogP contribution >= 0.6 is 0 Å². The normalized spacial score (nSPS) is 12.2. The number of aliphatic hydroxyl groups excluding tert-OH is 1. The van der Waals surface area contributed by atoms with Crippen molar-refractivity contribution in [1.29, 1.82) is 0 Å². The van der Waals surface area contributed by atoms with Crippen molar-refractivity contribution in [3.05, 3.63) is 46.3 Å². The molecule has 20 heavy (non-hydrogen) atoms. The Labute approximate surface area is 115 Å². The molecule has 0 saturated heterocycles. The Hall–Kier alpha value is -2.41. The molecule has 1 heterocycles. The fraction of sp³-hybridized carbons (Fsp3) is 0.308. The molecule has 0 aliphatic rings. The summed E-state index contributed by atoms with van der Waals surface area (Å²) in [5.74, 6) is 0.551. The third kappa shape index (κ3) is 2.94. The van der Waals surface area contributed by atoms with E-state index >= 15 is 0 Å². The minimum absolute atomic E-state index is 0.120. The molecule has 0 saturated carbocycles. The van der Waals surface area contributed by atoms with Gasteiger partial charge in [-0.3, -0.25) is 14.8 Å². The van der Waals surface area contributed by atoms with Gasteiger partial charge in [-0.1, -0.05) is 6.07 Å². The predicted octanol–water partition coefficient (Wildman–Crippen LogP) is 2.66. The summed E-state index contributed by atoms with van der Waals surface area (Å²) in [6, 6.07) is 4.38. The number of ether oxygens (including phenoxy) is 1. The molecule has 1 N–H and O–H groups in total. The second kappa shape index (κ2) is 5.70. The molecule has 7 nitrogen and oxygen atoms in total. The van der Waals surface area contributed by atoms with Gasteiger partial charge in [-0.25, -0.2) is 0 Å². The molecule has 0 fully saturated rings. The minimum Gasteiger partial charge on any atom is -0.447 e. The van der Waals surface area contributed by atoms with Gasteiger partial charge in [0, 0.05) is 12.6 Å². The average Bonchev–Trinajstić information content (AvgIpc) is 2.86. The van der Waals surface area contributed by atoms with Gasteiger partial charge in [0.05, 0.1) is 23.4 Å². The summed E-state index contributed by atoms with van der Waals surface area (Å²) in [6.45, 7) is 4.16. The van der Waals surface area contributed by atoms with Crippen molar-refractivity contribution in [2.75, 3.05) is 0 Å². The highest BCUT2D eigenvalue weighted by Gasteiger charge is 2.18. The van der Waals surface area contributed by atoms with Gasteiger partial charge in [-0.2, -0.15) is 5.10 Å². The lowest BCUT2D eigenvalue weighted by molar-refractivity contribution is -0.385. The van der Waals surface area contributed by atoms with Crippen LogP contribution < -0.4 is 4.74 Å². The van der Waals surface area contributed by atoms with E-state index in [1.807, 2.05) is 6.92 Å². The van der Waals surface area contributed by atoms with Crippen LogP contribution in [0.3, 0.4) is 0 Å². The van der Waals surface area contributed by atoms with Gasteiger partial charge in [0.2, 0.25) is 5.75 Å². The first kappa shape index (κ1) is 14.0. The van der Waals surface area contributed by atoms with Crippen molar-refractivity contribution < 1.29 is 14.8 Å². The van der Waals surface area contributed by atoms with Crippen LogP contribution in [0.5, 0.6) is 11.5 Å². The maximum absolute atomic E-state index is 11.1. The van der Waals surface area contributed by atoms with E-state index in [1.54, 1.807) is 23.9 Å². The molecule has 106 valence electrons. The predicted molar refractivity (Wildman–Crippen MR) is 71.7 cm³/mol. The van der Waals surface area contributed by atoms with Crippen molar-refractivity contribution in [3.63, 3.8) is 0 Å². The Balaban J connectivity index is 2.33. The summed E-state index contributed by atoms with van der Waals surface area (Å²) in [4.78, 5) is 10.5. The van der Waals surface area contributed by atoms with Gasteiger partial charge in [0.25, 0.3) is 0 Å². The molecule has 1 aromatic carbocycles. The Morgan fingerprint density at radius 3 is 2.85 bits per heavy atom. The fourth-order valence-corrected chi connectivity index (χ4v) is 1.72. The number of benzene rings is 1. The van der Waals surface area contributed by atoms with Crippen LogP contribution in [0, 0.1) is 10.1 Å². The van der Waals surface area contributed by atoms with E-state index in [4.69, 9.17) is 4.74 Å². The fourth-order valence-electron chi connectivity index (χ4n) is 1.72. The molecule has 0 amide bonds. The molecular weight excluding hydrogens is 262 g/mol. The number of aromatic nitrogens is 2. The zero-order chi connectivity index (χ0) is 14.7. The molecule has 1 aromatic heterocycles. The maximum atomic E-state index is 11.1. The number of aliphatic hydroxyl groups is 1. The van der Waals surface area contributed by atoms with Gasteiger partial charge in [-0.15, -0.1) is 0 Å². The van der Waals surface area contributed by atoms with E-state index < -0.39 is 11.0 Å². The maximum Gasteiger partial charge on any atom is 0.311 e. The Kier molecular flexibility index (Phi) is 3.99. The van der Waals surface area contributed by atoms with Crippen LogP contribution in [0.15, 0.2) is 30.6 Å². The third-order valence-electron chi connectivity index (χ3n) is 2.82. The molecule has 7 heteroatoms. The van der Waals surface area contributed by atoms with Crippen LogP contribution in [-0.4, -0.2) is 19.8 Å². The third-order valence-corrected chi connectivity index (χ3v) is 2.82. The minimum atomic E-state index is -0.773. The van der Waals surface area contributed by atoms with Gasteiger partial charge in [0.15, 0.2) is 5.75 Å². The smallest absolute Gasteiger partial charge is 0.311 e. The van der Waals surface area contributed by atoms with Crippen LogP contribution in [-0.2, 0) is 6.54 Å². The van der Waals surface area contributed by atoms with Crippen molar-refractivity contribution in [2.45, 2.75) is 26.5 Å². The summed E-state index contributed by atoms with van der Waals surface area (Å²) in [5, 5.41) is 24.6. The number of nitro groups is 1. The van der Waals surface area contributed by atoms with Crippen LogP contribution in [0.2, 0.25) is 0 Å². The summed E-state index contributed by atoms with van der Waals surface area (Å²) in [7, 11) is 0. The monoisotopic (exact) mass is 277 g/mol. The Bertz CT molecular complexity index is 622. The van der Waals surface area contributed by atoms with Crippen LogP contribution in [0.1, 0.15) is 25.5 Å². The highest BCUT2D eigenvalue weighted by Crippen LogP contribution is 2.33. The lowest BCUT2D eigenvalue weighted by Crippen LogP contribution is -1.97. The number of nitrogens with zero attached hydrogens (tertiary/aromatic N) is 3. The summed E-state index contributed by atoms with van der Waals surface area (Å²) in [6.07, 6.45) is 2.38. The number of aryl methyl sites for hydroxylation is 1. The van der Waals surface area contributed by atoms with Gasteiger partial charge in [0.1, 0.15) is 0 Å². The zero-order valence-corrected chi connectivity index (χ0v) is 11.2. The van der Waals surface area contributed by atoms with Crippen LogP contribution in [0.4, 0.5) is 5.69 Å². The van der Waals surface area contributed by atoms with E-state index in [1.165, 1.54) is 18.3 Å². The van der Waals surface area contributed by atoms with Gasteiger partial charge >= 0.3 is 5.69 Å². The molecule has 0 radical (unpaired) electrons. The summed E-state index contributed by atoms with van der Waals surface area (Å²) in [5.41, 5.74) is 0.279. The lowest BCUT2D eigenvalue weighted by Gasteiger charge is -2.08. The second-order valence-corrected chi connectivity index (χ2v) is 4.29. The highest BCUT2D eigenvalue weighted by atomic mass is 16.6. The molecule has 0 spiro atoms. The van der Waals surface area contributed by atoms with E-state index in [0.29, 0.717) is 17.9 Å². The number of nitro benzene ring substituents is 1. The van der Waals surface area contributed by atoms with E-state index in [0.717, 1.165) is 0 Å². The quantitative estimate of drug-likeness (QED) is 0.670. The average molecular weight is 277 g/mol. The summed E-state index contributed by atoms with van der Waals surface area (Å²) < 4.78 is 7.14. The van der Waals surface area contributed by atoms with E-state index in [9.17, 15) is 15.2 Å². The Morgan fingerprint density at radius 1 is 1.55 bits per heavy atom. The number of hydrogen-bond donors (Lipinski definition) is 1. The highest BCUT2D eigenvalue weighted by molar-refractivity contribution is 5.50. The topological polar surface area (TPSA) is 90.4 Å². The SMILES string of the molecule is CCn1cc(Oc2ccc(C(C)O)cc2[N+](=O)[O-])cn1. The molecule has 1 atom stereocenters. The standard InChI is InChI=1S/C13H15N3O4/c1-3-15-8-11(7-14-15)20-13-5-4-10(9(2)17)6-12(13)16(18)19/h4-9,17H,3H2,1-2H3.